The van der Waals surface area contributed by atoms with Crippen LogP contribution in [0.2, 0.25) is 0 Å². The molecule has 0 unspecified atom stereocenters. The highest BCUT2D eigenvalue weighted by Crippen LogP contribution is 2.23. The Morgan fingerprint density at radius 1 is 1.56 bits per heavy atom. The van der Waals surface area contributed by atoms with E-state index in [1.165, 1.54) is 11.1 Å². The SMILES string of the molecule is C[C@@H]1Cc2cnc(S(C)(=O)=O)nc2CN1C(=O)Cl. The second kappa shape index (κ2) is 4.47. The number of sulfone groups is 1. The van der Waals surface area contributed by atoms with Gasteiger partial charge in [-0.1, -0.05) is 0 Å². The predicted molar refractivity (Wildman–Crippen MR) is 65.1 cm³/mol. The molecule has 0 aliphatic carbocycles. The highest BCUT2D eigenvalue weighted by Gasteiger charge is 2.28. The molecule has 1 aromatic rings. The molecular weight excluding hydrogens is 278 g/mol. The van der Waals surface area contributed by atoms with Crippen molar-refractivity contribution in [3.8, 4) is 0 Å². The second-order valence-electron chi connectivity index (χ2n) is 4.33. The van der Waals surface area contributed by atoms with Crippen molar-refractivity contribution < 1.29 is 13.2 Å². The van der Waals surface area contributed by atoms with Crippen LogP contribution in [0, 0.1) is 0 Å². The number of rotatable bonds is 1. The summed E-state index contributed by atoms with van der Waals surface area (Å²) in [6.07, 6.45) is 3.12. The molecule has 1 atom stereocenters. The van der Waals surface area contributed by atoms with Gasteiger partial charge in [0, 0.05) is 18.5 Å². The molecule has 98 valence electrons. The summed E-state index contributed by atoms with van der Waals surface area (Å²) < 4.78 is 22.7. The highest BCUT2D eigenvalue weighted by atomic mass is 35.5. The molecule has 1 aliphatic heterocycles. The second-order valence-corrected chi connectivity index (χ2v) is 6.56. The Hall–Kier alpha value is -1.21. The average molecular weight is 290 g/mol. The molecule has 0 aromatic carbocycles. The smallest absolute Gasteiger partial charge is 0.316 e. The van der Waals surface area contributed by atoms with Gasteiger partial charge >= 0.3 is 5.37 Å². The van der Waals surface area contributed by atoms with Gasteiger partial charge < -0.3 is 4.90 Å². The lowest BCUT2D eigenvalue weighted by atomic mass is 10.0. The van der Waals surface area contributed by atoms with Crippen LogP contribution in [-0.4, -0.2) is 40.9 Å². The summed E-state index contributed by atoms with van der Waals surface area (Å²) in [5.41, 5.74) is 1.39. The number of nitrogens with zero attached hydrogens (tertiary/aromatic N) is 3. The minimum Gasteiger partial charge on any atom is -0.320 e. The van der Waals surface area contributed by atoms with Crippen LogP contribution in [0.4, 0.5) is 4.79 Å². The molecule has 0 N–H and O–H groups in total. The van der Waals surface area contributed by atoms with Crippen molar-refractivity contribution in [1.82, 2.24) is 14.9 Å². The summed E-state index contributed by atoms with van der Waals surface area (Å²) in [6, 6.07) is -0.0461. The number of hydrogen-bond acceptors (Lipinski definition) is 5. The molecule has 1 aromatic heterocycles. The first kappa shape index (κ1) is 13.2. The molecule has 18 heavy (non-hydrogen) atoms. The van der Waals surface area contributed by atoms with E-state index >= 15 is 0 Å². The van der Waals surface area contributed by atoms with Crippen molar-refractivity contribution in [3.63, 3.8) is 0 Å². The fourth-order valence-electron chi connectivity index (χ4n) is 1.89. The molecule has 8 heteroatoms. The first-order valence-corrected chi connectivity index (χ1v) is 7.57. The molecule has 0 saturated heterocycles. The Morgan fingerprint density at radius 2 is 2.22 bits per heavy atom. The summed E-state index contributed by atoms with van der Waals surface area (Å²) in [7, 11) is -3.45. The molecule has 0 saturated carbocycles. The molecule has 2 rings (SSSR count). The molecular formula is C10H12ClN3O3S. The first-order valence-electron chi connectivity index (χ1n) is 5.30. The van der Waals surface area contributed by atoms with E-state index in [2.05, 4.69) is 9.97 Å². The topological polar surface area (TPSA) is 80.2 Å². The molecule has 6 nitrogen and oxygen atoms in total. The highest BCUT2D eigenvalue weighted by molar-refractivity contribution is 7.90. The zero-order valence-electron chi connectivity index (χ0n) is 9.92. The van der Waals surface area contributed by atoms with Gasteiger partial charge in [0.2, 0.25) is 15.0 Å². The molecule has 0 radical (unpaired) electrons. The maximum Gasteiger partial charge on any atom is 0.316 e. The lowest BCUT2D eigenvalue weighted by molar-refractivity contribution is 0.190. The summed E-state index contributed by atoms with van der Waals surface area (Å²) in [5, 5.41) is -0.787. The van der Waals surface area contributed by atoms with Gasteiger partial charge in [-0.25, -0.2) is 18.4 Å². The van der Waals surface area contributed by atoms with E-state index in [0.717, 1.165) is 11.8 Å². The van der Waals surface area contributed by atoms with Crippen molar-refractivity contribution in [3.05, 3.63) is 17.5 Å². The third-order valence-electron chi connectivity index (χ3n) is 2.86. The summed E-state index contributed by atoms with van der Waals surface area (Å²) in [5.74, 6) is 0. The van der Waals surface area contributed by atoms with E-state index < -0.39 is 15.2 Å². The van der Waals surface area contributed by atoms with Gasteiger partial charge in [0.05, 0.1) is 12.2 Å². The largest absolute Gasteiger partial charge is 0.320 e. The van der Waals surface area contributed by atoms with Gasteiger partial charge in [0.1, 0.15) is 0 Å². The summed E-state index contributed by atoms with van der Waals surface area (Å²) in [4.78, 5) is 20.5. The van der Waals surface area contributed by atoms with Crippen LogP contribution in [0.15, 0.2) is 11.4 Å². The molecule has 0 bridgehead atoms. The van der Waals surface area contributed by atoms with Crippen molar-refractivity contribution in [1.29, 1.82) is 0 Å². The number of fused-ring (bicyclic) bond motifs is 1. The van der Waals surface area contributed by atoms with E-state index in [1.54, 1.807) is 0 Å². The number of carbonyl (C=O) groups is 1. The fourth-order valence-corrected chi connectivity index (χ4v) is 2.64. The third kappa shape index (κ3) is 2.46. The van der Waals surface area contributed by atoms with Crippen molar-refractivity contribution in [2.45, 2.75) is 31.1 Å². The van der Waals surface area contributed by atoms with Crippen LogP contribution >= 0.6 is 11.6 Å². The lowest BCUT2D eigenvalue weighted by Gasteiger charge is -2.32. The van der Waals surface area contributed by atoms with Gasteiger partial charge in [-0.05, 0) is 30.5 Å². The van der Waals surface area contributed by atoms with Crippen LogP contribution in [0.3, 0.4) is 0 Å². The number of amides is 1. The molecule has 2 heterocycles. The van der Waals surface area contributed by atoms with E-state index in [9.17, 15) is 13.2 Å². The van der Waals surface area contributed by atoms with E-state index in [-0.39, 0.29) is 17.7 Å². The quantitative estimate of drug-likeness (QED) is 0.437. The third-order valence-corrected chi connectivity index (χ3v) is 3.93. The Labute approximate surface area is 110 Å². The van der Waals surface area contributed by atoms with E-state index in [0.29, 0.717) is 12.1 Å². The molecule has 0 spiro atoms. The monoisotopic (exact) mass is 289 g/mol. The molecule has 0 fully saturated rings. The van der Waals surface area contributed by atoms with Crippen molar-refractivity contribution >= 4 is 26.8 Å². The maximum absolute atomic E-state index is 11.4. The minimum absolute atomic E-state index is 0.0461. The van der Waals surface area contributed by atoms with Crippen LogP contribution in [-0.2, 0) is 22.8 Å². The van der Waals surface area contributed by atoms with Gasteiger partial charge in [0.15, 0.2) is 0 Å². The Bertz CT molecular complexity index is 602. The van der Waals surface area contributed by atoms with Crippen molar-refractivity contribution in [2.24, 2.45) is 0 Å². The summed E-state index contributed by atoms with van der Waals surface area (Å²) in [6.45, 7) is 2.08. The molecule has 1 amide bonds. The standard InChI is InChI=1S/C10H12ClN3O3S/c1-6-3-7-4-12-10(18(2,16)17)13-8(7)5-14(6)9(11)15/h4,6H,3,5H2,1-2H3/t6-/m1/s1. The van der Waals surface area contributed by atoms with E-state index in [4.69, 9.17) is 11.6 Å². The average Bonchev–Trinajstić information content (AvgIpc) is 2.25. The predicted octanol–water partition coefficient (Wildman–Crippen LogP) is 0.986. The first-order chi connectivity index (χ1) is 8.29. The van der Waals surface area contributed by atoms with Crippen LogP contribution < -0.4 is 0 Å². The number of aromatic nitrogens is 2. The van der Waals surface area contributed by atoms with E-state index in [1.807, 2.05) is 6.92 Å². The number of carbonyl (C=O) groups excluding carboxylic acids is 1. The zero-order chi connectivity index (χ0) is 13.5. The van der Waals surface area contributed by atoms with Crippen LogP contribution in [0.1, 0.15) is 18.2 Å². The summed E-state index contributed by atoms with van der Waals surface area (Å²) >= 11 is 5.47. The maximum atomic E-state index is 11.4. The van der Waals surface area contributed by atoms with Crippen molar-refractivity contribution in [2.75, 3.05) is 6.26 Å². The van der Waals surface area contributed by atoms with Crippen LogP contribution in [0.25, 0.3) is 0 Å². The normalized spacial score (nSPS) is 19.5. The van der Waals surface area contributed by atoms with Crippen LogP contribution in [0.5, 0.6) is 0 Å². The number of hydrogen-bond donors (Lipinski definition) is 0. The Balaban J connectivity index is 2.43. The zero-order valence-corrected chi connectivity index (χ0v) is 11.5. The van der Waals surface area contributed by atoms with Gasteiger partial charge in [0.25, 0.3) is 0 Å². The Morgan fingerprint density at radius 3 is 2.78 bits per heavy atom. The minimum atomic E-state index is -3.45. The van der Waals surface area contributed by atoms with Gasteiger partial charge in [-0.15, -0.1) is 0 Å². The van der Waals surface area contributed by atoms with Gasteiger partial charge in [-0.2, -0.15) is 0 Å². The fraction of sp³-hybridized carbons (Fsp3) is 0.500. The van der Waals surface area contributed by atoms with Gasteiger partial charge in [-0.3, -0.25) is 4.79 Å². The number of halogens is 1. The lowest BCUT2D eigenvalue weighted by Crippen LogP contribution is -2.40. The molecule has 1 aliphatic rings. The Kier molecular flexibility index (Phi) is 3.29.